The van der Waals surface area contributed by atoms with Crippen LogP contribution in [0.5, 0.6) is 0 Å². The van der Waals surface area contributed by atoms with Crippen molar-refractivity contribution >= 4 is 11.6 Å². The second kappa shape index (κ2) is 8.45. The van der Waals surface area contributed by atoms with Gasteiger partial charge in [0.15, 0.2) is 5.78 Å². The summed E-state index contributed by atoms with van der Waals surface area (Å²) >= 11 is 0. The average molecular weight is 356 g/mol. The number of carbonyl (C=O) groups excluding carboxylic acids is 2. The molecule has 26 heavy (non-hydrogen) atoms. The lowest BCUT2D eigenvalue weighted by atomic mass is 9.94. The van der Waals surface area contributed by atoms with E-state index in [4.69, 9.17) is 0 Å². The van der Waals surface area contributed by atoms with E-state index < -0.39 is 0 Å². The largest absolute Gasteiger partial charge is 0.355 e. The molecule has 1 atom stereocenters. The number of Topliss-reactive ketones (excluding diaryl/α,β-unsaturated/α-hetero) is 2. The fourth-order valence-corrected chi connectivity index (χ4v) is 3.66. The molecule has 0 aliphatic heterocycles. The van der Waals surface area contributed by atoms with Crippen LogP contribution in [-0.2, 0) is 6.42 Å². The van der Waals surface area contributed by atoms with Crippen molar-refractivity contribution in [1.29, 1.82) is 0 Å². The Kier molecular flexibility index (Phi) is 6.54. The highest BCUT2D eigenvalue weighted by atomic mass is 16.1. The molecule has 3 N–H and O–H groups in total. The van der Waals surface area contributed by atoms with Crippen LogP contribution in [0.15, 0.2) is 24.3 Å². The quantitative estimate of drug-likeness (QED) is 0.711. The zero-order valence-corrected chi connectivity index (χ0v) is 16.8. The van der Waals surface area contributed by atoms with Crippen molar-refractivity contribution < 1.29 is 14.9 Å². The molecule has 0 amide bonds. The van der Waals surface area contributed by atoms with Gasteiger partial charge in [-0.2, -0.15) is 0 Å². The maximum atomic E-state index is 12.7. The van der Waals surface area contributed by atoms with E-state index in [9.17, 15) is 9.59 Å². The van der Waals surface area contributed by atoms with Crippen LogP contribution in [0, 0.1) is 19.8 Å². The smallest absolute Gasteiger partial charge is 0.233 e. The number of hydrogen-bond acceptors (Lipinski definition) is 2. The number of H-pyrrole nitrogens is 1. The van der Waals surface area contributed by atoms with Crippen molar-refractivity contribution in [2.75, 3.05) is 6.54 Å². The van der Waals surface area contributed by atoms with Gasteiger partial charge in [-0.3, -0.25) is 9.59 Å². The van der Waals surface area contributed by atoms with Gasteiger partial charge in [0.2, 0.25) is 5.78 Å². The molecule has 0 saturated heterocycles. The Balaban J connectivity index is 2.15. The number of nitrogens with one attached hydrogen (secondary N) is 1. The molecular formula is C22H31N2O2+. The molecule has 2 aromatic rings. The van der Waals surface area contributed by atoms with Gasteiger partial charge in [-0.1, -0.05) is 45.0 Å². The van der Waals surface area contributed by atoms with Gasteiger partial charge in [-0.15, -0.1) is 0 Å². The zero-order chi connectivity index (χ0) is 19.4. The van der Waals surface area contributed by atoms with Crippen LogP contribution < -0.4 is 5.32 Å². The van der Waals surface area contributed by atoms with Crippen molar-refractivity contribution in [2.24, 2.45) is 5.92 Å². The van der Waals surface area contributed by atoms with Gasteiger partial charge in [0.05, 0.1) is 5.69 Å². The standard InChI is InChI=1S/C22H30N2O2/c1-7-17-8-10-18(11-9-17)21(13(2)3)23-12-19(26)22-14(4)20(16(6)25)15(5)24-22/h8-11,13,21,23-24H,7,12H2,1-6H3/p+1/t21-/m1/s1. The van der Waals surface area contributed by atoms with Crippen LogP contribution in [0.2, 0.25) is 0 Å². The Hall–Kier alpha value is -2.20. The van der Waals surface area contributed by atoms with Gasteiger partial charge in [-0.05, 0) is 38.3 Å². The highest BCUT2D eigenvalue weighted by Crippen LogP contribution is 2.20. The predicted octanol–water partition coefficient (Wildman–Crippen LogP) is 3.54. The summed E-state index contributed by atoms with van der Waals surface area (Å²) in [6.45, 7) is 12.1. The number of carbonyl (C=O) groups is 2. The molecule has 0 bridgehead atoms. The van der Waals surface area contributed by atoms with Gasteiger partial charge >= 0.3 is 0 Å². The summed E-state index contributed by atoms with van der Waals surface area (Å²) in [6, 6.07) is 8.90. The summed E-state index contributed by atoms with van der Waals surface area (Å²) in [5, 5.41) is 2.11. The lowest BCUT2D eigenvalue weighted by Gasteiger charge is -2.19. The van der Waals surface area contributed by atoms with Gasteiger partial charge < -0.3 is 10.3 Å². The minimum absolute atomic E-state index is 0.00431. The van der Waals surface area contributed by atoms with E-state index in [0.29, 0.717) is 23.7 Å². The van der Waals surface area contributed by atoms with Crippen LogP contribution in [0.4, 0.5) is 0 Å². The fourth-order valence-electron chi connectivity index (χ4n) is 3.66. The van der Waals surface area contributed by atoms with Crippen LogP contribution >= 0.6 is 0 Å². The first kappa shape index (κ1) is 20.1. The van der Waals surface area contributed by atoms with Gasteiger partial charge in [0, 0.05) is 22.7 Å². The molecule has 0 aliphatic carbocycles. The summed E-state index contributed by atoms with van der Waals surface area (Å²) in [6.07, 6.45) is 1.03. The Morgan fingerprint density at radius 3 is 2.19 bits per heavy atom. The Morgan fingerprint density at radius 1 is 1.12 bits per heavy atom. The van der Waals surface area contributed by atoms with Gasteiger partial charge in [0.1, 0.15) is 12.6 Å². The number of nitrogens with two attached hydrogens (primary N) is 1. The third kappa shape index (κ3) is 4.31. The molecular weight excluding hydrogens is 324 g/mol. The van der Waals surface area contributed by atoms with E-state index in [2.05, 4.69) is 55.3 Å². The van der Waals surface area contributed by atoms with Crippen molar-refractivity contribution in [1.82, 2.24) is 4.98 Å². The zero-order valence-electron chi connectivity index (χ0n) is 16.8. The van der Waals surface area contributed by atoms with Crippen molar-refractivity contribution in [3.8, 4) is 0 Å². The van der Waals surface area contributed by atoms with Crippen molar-refractivity contribution in [2.45, 2.75) is 54.0 Å². The SMILES string of the molecule is CCc1ccc([C@H]([NH2+]CC(=O)c2[nH]c(C)c(C(C)=O)c2C)C(C)C)cc1. The van der Waals surface area contributed by atoms with E-state index in [-0.39, 0.29) is 17.6 Å². The summed E-state index contributed by atoms with van der Waals surface area (Å²) in [5.74, 6) is 0.443. The van der Waals surface area contributed by atoms with E-state index >= 15 is 0 Å². The van der Waals surface area contributed by atoms with Gasteiger partial charge in [-0.25, -0.2) is 0 Å². The minimum Gasteiger partial charge on any atom is -0.355 e. The minimum atomic E-state index is -0.00431. The molecule has 0 aliphatic rings. The second-order valence-electron chi connectivity index (χ2n) is 7.41. The number of ketones is 2. The van der Waals surface area contributed by atoms with Crippen molar-refractivity contribution in [3.63, 3.8) is 0 Å². The normalized spacial score (nSPS) is 12.4. The number of hydrogen-bond donors (Lipinski definition) is 2. The van der Waals surface area contributed by atoms with Crippen LogP contribution in [0.1, 0.15) is 77.0 Å². The Bertz CT molecular complexity index is 785. The van der Waals surface area contributed by atoms with Gasteiger partial charge in [0.25, 0.3) is 0 Å². The third-order valence-electron chi connectivity index (χ3n) is 5.12. The molecule has 0 saturated carbocycles. The van der Waals surface area contributed by atoms with Crippen LogP contribution in [0.25, 0.3) is 0 Å². The predicted molar refractivity (Wildman–Crippen MR) is 105 cm³/mol. The number of aromatic nitrogens is 1. The number of rotatable bonds is 8. The monoisotopic (exact) mass is 355 g/mol. The van der Waals surface area contributed by atoms with Crippen LogP contribution in [-0.4, -0.2) is 23.1 Å². The highest BCUT2D eigenvalue weighted by Gasteiger charge is 2.24. The topological polar surface area (TPSA) is 66.5 Å². The second-order valence-corrected chi connectivity index (χ2v) is 7.41. The van der Waals surface area contributed by atoms with E-state index in [1.54, 1.807) is 0 Å². The Morgan fingerprint density at radius 2 is 1.73 bits per heavy atom. The average Bonchev–Trinajstić information content (AvgIpc) is 2.89. The molecule has 1 aromatic carbocycles. The number of quaternary nitrogens is 1. The van der Waals surface area contributed by atoms with E-state index in [1.165, 1.54) is 18.1 Å². The first-order valence-electron chi connectivity index (χ1n) is 9.41. The maximum Gasteiger partial charge on any atom is 0.233 e. The molecule has 0 unspecified atom stereocenters. The lowest BCUT2D eigenvalue weighted by molar-refractivity contribution is -0.691. The van der Waals surface area contributed by atoms with Crippen LogP contribution in [0.3, 0.4) is 0 Å². The molecule has 0 fully saturated rings. The summed E-state index contributed by atoms with van der Waals surface area (Å²) in [5.41, 5.74) is 5.31. The molecule has 2 rings (SSSR count). The molecule has 140 valence electrons. The molecule has 0 spiro atoms. The summed E-state index contributed by atoms with van der Waals surface area (Å²) < 4.78 is 0. The summed E-state index contributed by atoms with van der Waals surface area (Å²) in [7, 11) is 0. The third-order valence-corrected chi connectivity index (χ3v) is 5.12. The first-order valence-corrected chi connectivity index (χ1v) is 9.41. The molecule has 1 heterocycles. The van der Waals surface area contributed by atoms with E-state index in [0.717, 1.165) is 17.7 Å². The molecule has 1 aromatic heterocycles. The molecule has 4 nitrogen and oxygen atoms in total. The number of aryl methyl sites for hydroxylation is 2. The maximum absolute atomic E-state index is 12.7. The molecule has 0 radical (unpaired) electrons. The highest BCUT2D eigenvalue weighted by molar-refractivity contribution is 6.03. The van der Waals surface area contributed by atoms with Crippen molar-refractivity contribution in [3.05, 3.63) is 57.9 Å². The number of benzene rings is 1. The Labute approximate surface area is 156 Å². The summed E-state index contributed by atoms with van der Waals surface area (Å²) in [4.78, 5) is 27.6. The first-order chi connectivity index (χ1) is 12.3. The fraction of sp³-hybridized carbons (Fsp3) is 0.455. The lowest BCUT2D eigenvalue weighted by Crippen LogP contribution is -2.87. The number of aromatic amines is 1. The van der Waals surface area contributed by atoms with E-state index in [1.807, 2.05) is 13.8 Å². The molecule has 4 heteroatoms.